The number of nitrogens with zero attached hydrogens (tertiary/aromatic N) is 1. The van der Waals surface area contributed by atoms with Crippen LogP contribution < -0.4 is 0 Å². The zero-order chi connectivity index (χ0) is 31.1. The van der Waals surface area contributed by atoms with Crippen LogP contribution >= 0.6 is 11.6 Å². The summed E-state index contributed by atoms with van der Waals surface area (Å²) < 4.78 is 134. The van der Waals surface area contributed by atoms with Crippen molar-refractivity contribution in [3.8, 4) is 0 Å². The largest absolute Gasteiger partial charge is 0.416 e. The number of aryl methyl sites for hydroxylation is 1. The average Bonchev–Trinajstić information content (AvgIpc) is 2.90. The third-order valence-electron chi connectivity index (χ3n) is 6.78. The van der Waals surface area contributed by atoms with Crippen molar-refractivity contribution in [1.29, 1.82) is 0 Å². The molecule has 6 nitrogen and oxygen atoms in total. The normalized spacial score (nSPS) is 18.3. The van der Waals surface area contributed by atoms with E-state index < -0.39 is 67.9 Å². The Morgan fingerprint density at radius 1 is 0.952 bits per heavy atom. The third kappa shape index (κ3) is 7.05. The lowest BCUT2D eigenvalue weighted by atomic mass is 9.85. The molecule has 1 fully saturated rings. The summed E-state index contributed by atoms with van der Waals surface area (Å²) in [4.78, 5) is 13.9. The molecule has 0 radical (unpaired) electrons. The van der Waals surface area contributed by atoms with Crippen molar-refractivity contribution in [1.82, 2.24) is 4.90 Å². The second kappa shape index (κ2) is 11.5. The van der Waals surface area contributed by atoms with Gasteiger partial charge in [0, 0.05) is 17.1 Å². The fourth-order valence-corrected chi connectivity index (χ4v) is 5.70. The van der Waals surface area contributed by atoms with Crippen molar-refractivity contribution in [3.63, 3.8) is 0 Å². The maximum absolute atomic E-state index is 13.8. The SMILES string of the molecule is O=C(c1cc(C(F)(F)F)cc(C(F)(F)F)c1)N1CCO[C@](CCc2cc(Cl)ccc2S(=O)(=O)O)(c2ccc(F)cc2)C1. The fraction of sp³-hybridized carbons (Fsp3) is 0.296. The predicted molar refractivity (Wildman–Crippen MR) is 136 cm³/mol. The number of halogens is 8. The van der Waals surface area contributed by atoms with Gasteiger partial charge in [-0.25, -0.2) is 4.39 Å². The first kappa shape index (κ1) is 31.7. The molecule has 0 aromatic heterocycles. The summed E-state index contributed by atoms with van der Waals surface area (Å²) in [5, 5.41) is 0.139. The number of amides is 1. The summed E-state index contributed by atoms with van der Waals surface area (Å²) in [6.45, 7) is -0.807. The van der Waals surface area contributed by atoms with Crippen molar-refractivity contribution in [3.05, 3.63) is 99.3 Å². The van der Waals surface area contributed by atoms with Gasteiger partial charge < -0.3 is 9.64 Å². The first-order valence-electron chi connectivity index (χ1n) is 12.1. The molecule has 15 heteroatoms. The van der Waals surface area contributed by atoms with Crippen LogP contribution in [0.4, 0.5) is 30.7 Å². The van der Waals surface area contributed by atoms with E-state index in [-0.39, 0.29) is 42.6 Å². The molecule has 1 aliphatic rings. The Morgan fingerprint density at radius 3 is 2.10 bits per heavy atom. The van der Waals surface area contributed by atoms with Crippen LogP contribution in [0.15, 0.2) is 65.6 Å². The van der Waals surface area contributed by atoms with E-state index in [0.717, 1.165) is 23.1 Å². The van der Waals surface area contributed by atoms with Gasteiger partial charge in [0.05, 0.1) is 29.2 Å². The molecule has 1 saturated heterocycles. The Hall–Kier alpha value is -3.20. The molecular weight excluding hydrogens is 619 g/mol. The number of hydrogen-bond donors (Lipinski definition) is 1. The summed E-state index contributed by atoms with van der Waals surface area (Å²) in [5.74, 6) is -1.76. The molecule has 1 heterocycles. The van der Waals surface area contributed by atoms with E-state index in [9.17, 15) is 48.5 Å². The summed E-state index contributed by atoms with van der Waals surface area (Å²) in [7, 11) is -4.68. The summed E-state index contributed by atoms with van der Waals surface area (Å²) in [5.41, 5.74) is -5.29. The molecule has 0 bridgehead atoms. The molecule has 1 amide bonds. The number of carbonyl (C=O) groups excluding carboxylic acids is 1. The Labute approximate surface area is 240 Å². The quantitative estimate of drug-likeness (QED) is 0.238. The Morgan fingerprint density at radius 2 is 1.55 bits per heavy atom. The van der Waals surface area contributed by atoms with Gasteiger partial charge in [-0.2, -0.15) is 34.8 Å². The maximum atomic E-state index is 13.8. The smallest absolute Gasteiger partial charge is 0.367 e. The van der Waals surface area contributed by atoms with Crippen LogP contribution in [-0.2, 0) is 39.2 Å². The highest BCUT2D eigenvalue weighted by molar-refractivity contribution is 7.85. The van der Waals surface area contributed by atoms with Crippen LogP contribution in [0.1, 0.15) is 39.0 Å². The Balaban J connectivity index is 1.74. The van der Waals surface area contributed by atoms with Gasteiger partial charge in [-0.3, -0.25) is 9.35 Å². The molecule has 4 rings (SSSR count). The minimum absolute atomic E-state index is 0.0752. The minimum Gasteiger partial charge on any atom is -0.367 e. The van der Waals surface area contributed by atoms with Crippen LogP contribution in [0.5, 0.6) is 0 Å². The summed E-state index contributed by atoms with van der Waals surface area (Å²) >= 11 is 6.02. The maximum Gasteiger partial charge on any atom is 0.416 e. The van der Waals surface area contributed by atoms with Gasteiger partial charge in [-0.05, 0) is 72.5 Å². The molecule has 42 heavy (non-hydrogen) atoms. The van der Waals surface area contributed by atoms with Crippen molar-refractivity contribution in [2.45, 2.75) is 35.7 Å². The number of benzene rings is 3. The lowest BCUT2D eigenvalue weighted by Crippen LogP contribution is -2.52. The van der Waals surface area contributed by atoms with E-state index in [1.54, 1.807) is 0 Å². The molecule has 3 aromatic carbocycles. The van der Waals surface area contributed by atoms with Crippen molar-refractivity contribution >= 4 is 27.6 Å². The van der Waals surface area contributed by atoms with Gasteiger partial charge in [0.2, 0.25) is 0 Å². The second-order valence-corrected chi connectivity index (χ2v) is 11.4. The molecule has 1 N–H and O–H groups in total. The highest BCUT2D eigenvalue weighted by Crippen LogP contribution is 2.39. The van der Waals surface area contributed by atoms with Gasteiger partial charge >= 0.3 is 12.4 Å². The van der Waals surface area contributed by atoms with Crippen LogP contribution in [0, 0.1) is 5.82 Å². The topological polar surface area (TPSA) is 83.9 Å². The number of rotatable bonds is 6. The fourth-order valence-electron chi connectivity index (χ4n) is 4.77. The number of carbonyl (C=O) groups is 1. The first-order chi connectivity index (χ1) is 19.4. The molecule has 0 unspecified atom stereocenters. The van der Waals surface area contributed by atoms with Crippen molar-refractivity contribution in [2.24, 2.45) is 0 Å². The monoisotopic (exact) mass is 639 g/mol. The predicted octanol–water partition coefficient (Wildman–Crippen LogP) is 6.76. The van der Waals surface area contributed by atoms with Crippen LogP contribution in [-0.4, -0.2) is 43.5 Å². The summed E-state index contributed by atoms with van der Waals surface area (Å²) in [6.07, 6.45) is -10.6. The molecule has 3 aromatic rings. The average molecular weight is 640 g/mol. The van der Waals surface area contributed by atoms with Crippen molar-refractivity contribution < 1.29 is 53.2 Å². The zero-order valence-electron chi connectivity index (χ0n) is 21.3. The van der Waals surface area contributed by atoms with Gasteiger partial charge in [-0.15, -0.1) is 0 Å². The minimum atomic E-state index is -5.17. The number of alkyl halides is 6. The van der Waals surface area contributed by atoms with Crippen LogP contribution in [0.2, 0.25) is 5.02 Å². The molecule has 0 spiro atoms. The summed E-state index contributed by atoms with van der Waals surface area (Å²) in [6, 6.07) is 9.03. The molecule has 1 atom stereocenters. The number of hydrogen-bond acceptors (Lipinski definition) is 4. The van der Waals surface area contributed by atoms with E-state index in [1.807, 2.05) is 0 Å². The first-order valence-corrected chi connectivity index (χ1v) is 14.0. The van der Waals surface area contributed by atoms with Crippen LogP contribution in [0.25, 0.3) is 0 Å². The molecule has 0 aliphatic carbocycles. The molecule has 1 aliphatic heterocycles. The van der Waals surface area contributed by atoms with E-state index in [4.69, 9.17) is 16.3 Å². The lowest BCUT2D eigenvalue weighted by molar-refractivity contribution is -0.143. The zero-order valence-corrected chi connectivity index (χ0v) is 22.8. The molecular formula is C27H21ClF7NO5S. The second-order valence-electron chi connectivity index (χ2n) is 9.60. The number of morpholine rings is 1. The molecule has 0 saturated carbocycles. The van der Waals surface area contributed by atoms with Gasteiger partial charge in [0.15, 0.2) is 0 Å². The van der Waals surface area contributed by atoms with E-state index >= 15 is 0 Å². The Kier molecular flexibility index (Phi) is 8.67. The Bertz CT molecular complexity index is 1560. The highest BCUT2D eigenvalue weighted by atomic mass is 35.5. The van der Waals surface area contributed by atoms with E-state index in [0.29, 0.717) is 17.7 Å². The standard InChI is InChI=1S/C27H21ClF7NO5S/c28-21-3-6-23(42(38,39)40)16(13-21)7-8-25(18-1-4-22(29)5-2-18)15-36(9-10-41-25)24(37)17-11-19(26(30,31)32)14-20(12-17)27(33,34)35/h1-6,11-14H,7-10,15H2,(H,38,39,40)/t25-/m0/s1. The lowest BCUT2D eigenvalue weighted by Gasteiger charge is -2.43. The van der Waals surface area contributed by atoms with Crippen LogP contribution in [0.3, 0.4) is 0 Å². The van der Waals surface area contributed by atoms with E-state index in [1.165, 1.54) is 24.3 Å². The van der Waals surface area contributed by atoms with Crippen molar-refractivity contribution in [2.75, 3.05) is 19.7 Å². The molecule has 226 valence electrons. The van der Waals surface area contributed by atoms with Gasteiger partial charge in [0.1, 0.15) is 11.4 Å². The van der Waals surface area contributed by atoms with E-state index in [2.05, 4.69) is 0 Å². The third-order valence-corrected chi connectivity index (χ3v) is 7.97. The number of ether oxygens (including phenoxy) is 1. The highest BCUT2D eigenvalue weighted by Gasteiger charge is 2.42. The van der Waals surface area contributed by atoms with Gasteiger partial charge in [-0.1, -0.05) is 23.7 Å². The van der Waals surface area contributed by atoms with Gasteiger partial charge in [0.25, 0.3) is 16.0 Å².